The molecular formula is C28H31ClF6N2O5. The summed E-state index contributed by atoms with van der Waals surface area (Å²) >= 11 is 0. The first-order valence-corrected chi connectivity index (χ1v) is 12.8. The van der Waals surface area contributed by atoms with Gasteiger partial charge in [-0.05, 0) is 56.9 Å². The maximum atomic E-state index is 13.5. The Kier molecular flexibility index (Phi) is 11.8. The van der Waals surface area contributed by atoms with Crippen molar-refractivity contribution >= 4 is 30.3 Å². The Balaban J connectivity index is 0.00000616. The normalized spacial score (nSPS) is 17.6. The molecule has 1 heterocycles. The van der Waals surface area contributed by atoms with E-state index in [2.05, 4.69) is 0 Å². The lowest BCUT2D eigenvalue weighted by molar-refractivity contribution is -0.151. The van der Waals surface area contributed by atoms with Crippen LogP contribution in [-0.2, 0) is 33.1 Å². The van der Waals surface area contributed by atoms with Crippen LogP contribution in [0.5, 0.6) is 0 Å². The van der Waals surface area contributed by atoms with Gasteiger partial charge in [-0.15, -0.1) is 12.4 Å². The van der Waals surface area contributed by atoms with Crippen molar-refractivity contribution in [3.8, 4) is 0 Å². The molecule has 232 valence electrons. The smallest absolute Gasteiger partial charge is 0.416 e. The van der Waals surface area contributed by atoms with E-state index in [1.807, 2.05) is 0 Å². The summed E-state index contributed by atoms with van der Waals surface area (Å²) in [5.74, 6) is -2.86. The molecule has 0 aromatic heterocycles. The van der Waals surface area contributed by atoms with Gasteiger partial charge in [0.1, 0.15) is 0 Å². The average Bonchev–Trinajstić information content (AvgIpc) is 2.86. The van der Waals surface area contributed by atoms with Crippen LogP contribution in [0.4, 0.5) is 26.3 Å². The molecule has 0 aliphatic carbocycles. The highest BCUT2D eigenvalue weighted by Crippen LogP contribution is 2.37. The van der Waals surface area contributed by atoms with Crippen molar-refractivity contribution in [2.24, 2.45) is 0 Å². The van der Waals surface area contributed by atoms with E-state index in [4.69, 9.17) is 4.74 Å². The summed E-state index contributed by atoms with van der Waals surface area (Å²) in [5.41, 5.74) is -3.20. The predicted molar refractivity (Wildman–Crippen MR) is 142 cm³/mol. The first kappa shape index (κ1) is 34.9. The lowest BCUT2D eigenvalue weighted by Gasteiger charge is -2.43. The fraction of sp³-hybridized carbons (Fsp3) is 0.464. The predicted octanol–water partition coefficient (Wildman–Crippen LogP) is 5.70. The first-order valence-electron chi connectivity index (χ1n) is 12.8. The number of ether oxygens (including phenoxy) is 1. The molecule has 0 saturated carbocycles. The highest BCUT2D eigenvalue weighted by atomic mass is 35.5. The summed E-state index contributed by atoms with van der Waals surface area (Å²) < 4.78 is 85.8. The maximum absolute atomic E-state index is 13.5. The Morgan fingerprint density at radius 1 is 0.976 bits per heavy atom. The Bertz CT molecular complexity index is 1210. The quantitative estimate of drug-likeness (QED) is 0.285. The zero-order valence-corrected chi connectivity index (χ0v) is 23.6. The van der Waals surface area contributed by atoms with Crippen LogP contribution >= 0.6 is 12.4 Å². The molecule has 2 atom stereocenters. The van der Waals surface area contributed by atoms with Crippen LogP contribution in [0.1, 0.15) is 53.7 Å². The lowest BCUT2D eigenvalue weighted by atomic mass is 9.90. The van der Waals surface area contributed by atoms with Crippen molar-refractivity contribution in [1.82, 2.24) is 9.80 Å². The standard InChI is InChI=1S/C28H30F6N2O5.ClH/c1-17(2)41-25(39)16-35(15-24(37)38)22-8-9-36(23(14-22)10-18-6-4-3-5-7-18)26(40)19-11-20(27(29,30)31)13-21(12-19)28(32,33)34;/h3-7,11-13,17,22-23H,8-10,14-16H2,1-2H3,(H,37,38);1H/t22-,23+;/m0./s1. The molecule has 0 spiro atoms. The van der Waals surface area contributed by atoms with Crippen LogP contribution in [0.3, 0.4) is 0 Å². The number of rotatable bonds is 9. The van der Waals surface area contributed by atoms with Gasteiger partial charge >= 0.3 is 24.3 Å². The van der Waals surface area contributed by atoms with Gasteiger partial charge in [0.15, 0.2) is 0 Å². The maximum Gasteiger partial charge on any atom is 0.416 e. The van der Waals surface area contributed by atoms with E-state index in [1.54, 1.807) is 44.2 Å². The number of amides is 1. The molecule has 1 amide bonds. The number of alkyl halides is 6. The molecule has 1 fully saturated rings. The van der Waals surface area contributed by atoms with E-state index in [0.29, 0.717) is 12.1 Å². The van der Waals surface area contributed by atoms with Gasteiger partial charge in [-0.1, -0.05) is 30.3 Å². The third-order valence-corrected chi connectivity index (χ3v) is 6.65. The minimum absolute atomic E-state index is 0. The molecule has 2 aromatic rings. The minimum Gasteiger partial charge on any atom is -0.480 e. The Labute approximate surface area is 244 Å². The second-order valence-electron chi connectivity index (χ2n) is 10.2. The van der Waals surface area contributed by atoms with Crippen molar-refractivity contribution in [3.05, 3.63) is 70.8 Å². The second kappa shape index (κ2) is 14.2. The molecule has 2 aromatic carbocycles. The molecule has 42 heavy (non-hydrogen) atoms. The SMILES string of the molecule is CC(C)OC(=O)CN(CC(=O)O)[C@H]1CCN(C(=O)c2cc(C(F)(F)F)cc(C(F)(F)F)c2)[C@H](Cc2ccccc2)C1.Cl. The number of carboxylic acids is 1. The van der Waals surface area contributed by atoms with Gasteiger partial charge in [-0.3, -0.25) is 19.3 Å². The fourth-order valence-corrected chi connectivity index (χ4v) is 4.91. The first-order chi connectivity index (χ1) is 19.0. The molecule has 1 aliphatic rings. The largest absolute Gasteiger partial charge is 0.480 e. The fourth-order valence-electron chi connectivity index (χ4n) is 4.91. The van der Waals surface area contributed by atoms with Gasteiger partial charge in [0.25, 0.3) is 5.91 Å². The van der Waals surface area contributed by atoms with Gasteiger partial charge in [0, 0.05) is 24.2 Å². The highest BCUT2D eigenvalue weighted by Gasteiger charge is 2.40. The topological polar surface area (TPSA) is 87.2 Å². The Hall–Kier alpha value is -3.32. The number of carbonyl (C=O) groups is 3. The van der Waals surface area contributed by atoms with E-state index in [9.17, 15) is 45.8 Å². The molecular weight excluding hydrogens is 594 g/mol. The number of hydrogen-bond donors (Lipinski definition) is 1. The van der Waals surface area contributed by atoms with Crippen molar-refractivity contribution in [2.75, 3.05) is 19.6 Å². The van der Waals surface area contributed by atoms with Gasteiger partial charge in [0.2, 0.25) is 0 Å². The van der Waals surface area contributed by atoms with Gasteiger partial charge < -0.3 is 14.7 Å². The van der Waals surface area contributed by atoms with Crippen LogP contribution in [0, 0.1) is 0 Å². The van der Waals surface area contributed by atoms with Crippen molar-refractivity contribution in [2.45, 2.75) is 63.7 Å². The van der Waals surface area contributed by atoms with Gasteiger partial charge in [-0.2, -0.15) is 26.3 Å². The number of nitrogens with zero attached hydrogens (tertiary/aromatic N) is 2. The summed E-state index contributed by atoms with van der Waals surface area (Å²) in [5, 5.41) is 9.44. The van der Waals surface area contributed by atoms with E-state index < -0.39 is 71.6 Å². The molecule has 14 heteroatoms. The summed E-state index contributed by atoms with van der Waals surface area (Å²) in [4.78, 5) is 40.1. The van der Waals surface area contributed by atoms with E-state index >= 15 is 0 Å². The molecule has 1 N–H and O–H groups in total. The van der Waals surface area contributed by atoms with Crippen molar-refractivity contribution in [3.63, 3.8) is 0 Å². The van der Waals surface area contributed by atoms with Crippen LogP contribution in [0.25, 0.3) is 0 Å². The summed E-state index contributed by atoms with van der Waals surface area (Å²) in [7, 11) is 0. The monoisotopic (exact) mass is 624 g/mol. The zero-order chi connectivity index (χ0) is 30.5. The lowest BCUT2D eigenvalue weighted by Crippen LogP contribution is -2.54. The van der Waals surface area contributed by atoms with E-state index in [-0.39, 0.29) is 50.8 Å². The number of benzene rings is 2. The number of halogens is 7. The third kappa shape index (κ3) is 9.62. The van der Waals surface area contributed by atoms with E-state index in [1.165, 1.54) is 9.80 Å². The number of likely N-dealkylation sites (tertiary alicyclic amines) is 1. The van der Waals surface area contributed by atoms with Crippen LogP contribution < -0.4 is 0 Å². The average molecular weight is 625 g/mol. The van der Waals surface area contributed by atoms with Crippen LogP contribution in [0.15, 0.2) is 48.5 Å². The molecule has 7 nitrogen and oxygen atoms in total. The van der Waals surface area contributed by atoms with E-state index in [0.717, 1.165) is 5.56 Å². The summed E-state index contributed by atoms with van der Waals surface area (Å²) in [6.07, 6.45) is -10.2. The van der Waals surface area contributed by atoms with Crippen molar-refractivity contribution < 1.29 is 50.6 Å². The molecule has 1 aliphatic heterocycles. The number of aliphatic carboxylic acids is 1. The second-order valence-corrected chi connectivity index (χ2v) is 10.2. The molecule has 0 radical (unpaired) electrons. The third-order valence-electron chi connectivity index (χ3n) is 6.65. The molecule has 1 saturated heterocycles. The minimum atomic E-state index is -5.12. The Morgan fingerprint density at radius 3 is 2.05 bits per heavy atom. The van der Waals surface area contributed by atoms with Crippen molar-refractivity contribution in [1.29, 1.82) is 0 Å². The molecule has 3 rings (SSSR count). The number of hydrogen-bond acceptors (Lipinski definition) is 5. The zero-order valence-electron chi connectivity index (χ0n) is 22.7. The van der Waals surface area contributed by atoms with Gasteiger partial charge in [-0.25, -0.2) is 0 Å². The Morgan fingerprint density at radius 2 is 1.55 bits per heavy atom. The van der Waals surface area contributed by atoms with Crippen LogP contribution in [0.2, 0.25) is 0 Å². The molecule has 0 unspecified atom stereocenters. The number of carboxylic acid groups (broad SMARTS) is 1. The number of carbonyl (C=O) groups excluding carboxylic acids is 2. The van der Waals surface area contributed by atoms with Crippen LogP contribution in [-0.4, -0.2) is 70.6 Å². The molecule has 0 bridgehead atoms. The summed E-state index contributed by atoms with van der Waals surface area (Å²) in [6.45, 7) is 2.33. The number of piperidine rings is 1. The highest BCUT2D eigenvalue weighted by molar-refractivity contribution is 5.95. The summed E-state index contributed by atoms with van der Waals surface area (Å²) in [6, 6.07) is 8.27. The number of esters is 1. The van der Waals surface area contributed by atoms with Gasteiger partial charge in [0.05, 0.1) is 30.3 Å².